The van der Waals surface area contributed by atoms with Crippen molar-refractivity contribution in [3.05, 3.63) is 0 Å². The predicted molar refractivity (Wildman–Crippen MR) is 130 cm³/mol. The Morgan fingerprint density at radius 1 is 1.06 bits per heavy atom. The molecule has 2 aliphatic rings. The maximum Gasteiger partial charge on any atom is 0.313 e. The van der Waals surface area contributed by atoms with Crippen LogP contribution in [0.1, 0.15) is 58.8 Å². The van der Waals surface area contributed by atoms with E-state index < -0.39 is 66.1 Å². The Kier molecular flexibility index (Phi) is 11.8. The normalized spacial score (nSPS) is 28.0. The Hall–Kier alpha value is -2.28. The number of carboxylic acids is 1. The van der Waals surface area contributed by atoms with Crippen molar-refractivity contribution in [3.8, 4) is 0 Å². The Labute approximate surface area is 212 Å². The summed E-state index contributed by atoms with van der Waals surface area (Å²) in [6.45, 7) is 3.46. The summed E-state index contributed by atoms with van der Waals surface area (Å²) in [4.78, 5) is 75.3. The highest BCUT2D eigenvalue weighted by atomic mass is 33.1. The molecule has 3 amide bonds. The predicted octanol–water partition coefficient (Wildman–Crippen LogP) is 0.802. The number of aliphatic carboxylic acids is 1. The van der Waals surface area contributed by atoms with Crippen molar-refractivity contribution in [1.82, 2.24) is 16.0 Å². The Morgan fingerprint density at radius 2 is 1.80 bits per heavy atom. The van der Waals surface area contributed by atoms with Crippen LogP contribution >= 0.6 is 21.6 Å². The number of carbonyl (C=O) groups is 6. The van der Waals surface area contributed by atoms with Gasteiger partial charge >= 0.3 is 11.9 Å². The topological polar surface area (TPSA) is 168 Å². The minimum absolute atomic E-state index is 0.180. The maximum absolute atomic E-state index is 13.1. The number of ketones is 1. The summed E-state index contributed by atoms with van der Waals surface area (Å²) in [6, 6.07) is -3.19. The van der Waals surface area contributed by atoms with Crippen molar-refractivity contribution < 1.29 is 38.6 Å². The molecule has 2 saturated heterocycles. The van der Waals surface area contributed by atoms with E-state index in [9.17, 15) is 28.8 Å². The molecule has 2 aliphatic heterocycles. The van der Waals surface area contributed by atoms with Gasteiger partial charge in [0.15, 0.2) is 5.78 Å². The molecule has 4 N–H and O–H groups in total. The van der Waals surface area contributed by atoms with E-state index in [4.69, 9.17) is 9.84 Å². The van der Waals surface area contributed by atoms with Crippen molar-refractivity contribution >= 4 is 57.0 Å². The molecule has 2 bridgehead atoms. The summed E-state index contributed by atoms with van der Waals surface area (Å²) in [5.41, 5.74) is 0. The number of nitrogens with one attached hydrogen (secondary N) is 3. The van der Waals surface area contributed by atoms with Gasteiger partial charge in [-0.2, -0.15) is 0 Å². The zero-order valence-corrected chi connectivity index (χ0v) is 21.5. The number of esters is 1. The van der Waals surface area contributed by atoms with Gasteiger partial charge in [0, 0.05) is 17.9 Å². The molecule has 0 aromatic carbocycles. The minimum Gasteiger partial charge on any atom is -0.481 e. The molecule has 0 aromatic heterocycles. The van der Waals surface area contributed by atoms with Gasteiger partial charge in [0.2, 0.25) is 17.7 Å². The zero-order chi connectivity index (χ0) is 26.0. The first-order valence-electron chi connectivity index (χ1n) is 11.6. The van der Waals surface area contributed by atoms with Gasteiger partial charge in [-0.15, -0.1) is 0 Å². The Morgan fingerprint density at radius 3 is 2.49 bits per heavy atom. The third kappa shape index (κ3) is 10.1. The van der Waals surface area contributed by atoms with Crippen LogP contribution in [0.15, 0.2) is 0 Å². The summed E-state index contributed by atoms with van der Waals surface area (Å²) in [6.07, 6.45) is -0.278. The lowest BCUT2D eigenvalue weighted by atomic mass is 9.97. The van der Waals surface area contributed by atoms with Crippen LogP contribution in [0, 0.1) is 5.92 Å². The van der Waals surface area contributed by atoms with E-state index in [0.717, 1.165) is 12.2 Å². The van der Waals surface area contributed by atoms with Crippen molar-refractivity contribution in [3.63, 3.8) is 0 Å². The average molecular weight is 532 g/mol. The van der Waals surface area contributed by atoms with E-state index in [1.807, 2.05) is 0 Å². The van der Waals surface area contributed by atoms with E-state index in [1.165, 1.54) is 21.6 Å². The molecule has 11 nitrogen and oxygen atoms in total. The lowest BCUT2D eigenvalue weighted by molar-refractivity contribution is -0.153. The second-order valence-electron chi connectivity index (χ2n) is 8.91. The van der Waals surface area contributed by atoms with Crippen molar-refractivity contribution in [2.24, 2.45) is 5.92 Å². The van der Waals surface area contributed by atoms with Gasteiger partial charge in [-0.1, -0.05) is 35.4 Å². The molecule has 2 fully saturated rings. The Balaban J connectivity index is 2.44. The van der Waals surface area contributed by atoms with Gasteiger partial charge in [-0.25, -0.2) is 0 Å². The summed E-state index contributed by atoms with van der Waals surface area (Å²) in [5, 5.41) is 16.9. The van der Waals surface area contributed by atoms with E-state index >= 15 is 0 Å². The highest BCUT2D eigenvalue weighted by molar-refractivity contribution is 8.76. The van der Waals surface area contributed by atoms with Gasteiger partial charge in [0.05, 0.1) is 12.5 Å². The molecule has 2 rings (SSSR count). The second kappa shape index (κ2) is 14.3. The van der Waals surface area contributed by atoms with E-state index in [1.54, 1.807) is 13.8 Å². The molecule has 0 aromatic rings. The molecule has 13 heteroatoms. The van der Waals surface area contributed by atoms with E-state index in [-0.39, 0.29) is 30.9 Å². The fraction of sp³-hybridized carbons (Fsp3) is 0.727. The van der Waals surface area contributed by atoms with Crippen molar-refractivity contribution in [2.75, 3.05) is 11.5 Å². The largest absolute Gasteiger partial charge is 0.481 e. The molecule has 0 unspecified atom stereocenters. The fourth-order valence-corrected chi connectivity index (χ4v) is 6.03. The van der Waals surface area contributed by atoms with E-state index in [0.29, 0.717) is 12.8 Å². The van der Waals surface area contributed by atoms with Crippen LogP contribution < -0.4 is 16.0 Å². The molecule has 0 radical (unpaired) electrons. The summed E-state index contributed by atoms with van der Waals surface area (Å²) in [7, 11) is 2.93. The molecule has 35 heavy (non-hydrogen) atoms. The molecule has 2 heterocycles. The fourth-order valence-electron chi connectivity index (χ4n) is 3.72. The standard InChI is InChI=1S/C22H33N3O8S2/c1-12(2)20-16(26)10-19(30)33-13-5-3-4-8-34-35-11-15(22(32)25-20)24-21(31)14(6-7-18(28)29)23-17(27)9-13/h12-15,20H,3-11H2,1-2H3,(H,23,27)(H,24,31)(H,25,32)(H,28,29)/t13-,14+,15+,20+/m0/s1. The van der Waals surface area contributed by atoms with Crippen LogP contribution in [0.5, 0.6) is 0 Å². The third-order valence-electron chi connectivity index (χ3n) is 5.59. The minimum atomic E-state index is -1.19. The molecule has 0 aliphatic carbocycles. The number of Topliss-reactive ketones (excluding diaryl/α,β-unsaturated/α-hetero) is 1. The van der Waals surface area contributed by atoms with Crippen molar-refractivity contribution in [2.45, 2.75) is 83.0 Å². The molecule has 4 atom stereocenters. The number of amides is 3. The van der Waals surface area contributed by atoms with Crippen LogP contribution in [0.2, 0.25) is 0 Å². The number of carboxylic acid groups (broad SMARTS) is 1. The number of ether oxygens (including phenoxy) is 1. The SMILES string of the molecule is CC(C)[C@H]1NC(=O)[C@H]2CSSCCCC[C@@H](CC(=O)N[C@H](CCC(=O)O)C(=O)N2)OC(=O)CC1=O. The molecule has 196 valence electrons. The van der Waals surface area contributed by atoms with Gasteiger partial charge in [0.25, 0.3) is 0 Å². The summed E-state index contributed by atoms with van der Waals surface area (Å²) < 4.78 is 5.46. The van der Waals surface area contributed by atoms with Crippen LogP contribution in [0.3, 0.4) is 0 Å². The molecular weight excluding hydrogens is 498 g/mol. The van der Waals surface area contributed by atoms with Gasteiger partial charge < -0.3 is 25.8 Å². The highest BCUT2D eigenvalue weighted by Crippen LogP contribution is 2.25. The average Bonchev–Trinajstić information content (AvgIpc) is 2.76. The second-order valence-corrected chi connectivity index (χ2v) is 11.5. The zero-order valence-electron chi connectivity index (χ0n) is 19.9. The van der Waals surface area contributed by atoms with Crippen LogP contribution in [-0.4, -0.2) is 76.3 Å². The first-order chi connectivity index (χ1) is 16.6. The summed E-state index contributed by atoms with van der Waals surface area (Å²) in [5.74, 6) is -3.70. The first-order valence-corrected chi connectivity index (χ1v) is 14.1. The quantitative estimate of drug-likeness (QED) is 0.231. The van der Waals surface area contributed by atoms with Gasteiger partial charge in [0.1, 0.15) is 24.6 Å². The number of hydrogen-bond donors (Lipinski definition) is 4. The van der Waals surface area contributed by atoms with Crippen LogP contribution in [0.4, 0.5) is 0 Å². The van der Waals surface area contributed by atoms with Crippen molar-refractivity contribution in [1.29, 1.82) is 0 Å². The summed E-state index contributed by atoms with van der Waals surface area (Å²) >= 11 is 0. The smallest absolute Gasteiger partial charge is 0.313 e. The van der Waals surface area contributed by atoms with Gasteiger partial charge in [-0.3, -0.25) is 28.8 Å². The van der Waals surface area contributed by atoms with E-state index in [2.05, 4.69) is 16.0 Å². The molecule has 0 spiro atoms. The highest BCUT2D eigenvalue weighted by Gasteiger charge is 2.33. The van der Waals surface area contributed by atoms with Gasteiger partial charge in [-0.05, 0) is 31.6 Å². The number of carbonyl (C=O) groups excluding carboxylic acids is 5. The van der Waals surface area contributed by atoms with Crippen LogP contribution in [0.25, 0.3) is 0 Å². The number of rotatable bonds is 4. The molecular formula is C22H33N3O8S2. The number of fused-ring (bicyclic) bond motifs is 7. The molecule has 0 saturated carbocycles. The third-order valence-corrected chi connectivity index (χ3v) is 8.09. The van der Waals surface area contributed by atoms with Crippen LogP contribution in [-0.2, 0) is 33.5 Å². The monoisotopic (exact) mass is 531 g/mol. The lowest BCUT2D eigenvalue weighted by Crippen LogP contribution is -2.57. The Bertz CT molecular complexity index is 823. The first kappa shape index (κ1) is 29.0. The lowest BCUT2D eigenvalue weighted by Gasteiger charge is -2.26. The number of hydrogen-bond acceptors (Lipinski definition) is 9. The maximum atomic E-state index is 13.1.